The lowest BCUT2D eigenvalue weighted by Crippen LogP contribution is -2.45. The standard InChI is InChI=1S/C20H25NO4/c1-13-6-5-8-17(14(13)2)21-19(22)12-25-20(23)16-10-15-7-3-4-9-18(15)24-11-16/h3-4,7,9-10,13-14,17H,5-6,8,11-12H2,1-2H3,(H,21,22)/t13-,14+,17-/m0/s1. The number of hydrogen-bond acceptors (Lipinski definition) is 4. The number of carbonyl (C=O) groups excluding carboxylic acids is 2. The minimum absolute atomic E-state index is 0.161. The van der Waals surface area contributed by atoms with E-state index in [4.69, 9.17) is 9.47 Å². The summed E-state index contributed by atoms with van der Waals surface area (Å²) in [6, 6.07) is 7.66. The number of fused-ring (bicyclic) bond motifs is 1. The van der Waals surface area contributed by atoms with Gasteiger partial charge in [0.1, 0.15) is 12.4 Å². The summed E-state index contributed by atoms with van der Waals surface area (Å²) >= 11 is 0. The van der Waals surface area contributed by atoms with E-state index in [1.807, 2.05) is 24.3 Å². The van der Waals surface area contributed by atoms with E-state index < -0.39 is 5.97 Å². The van der Waals surface area contributed by atoms with Crippen molar-refractivity contribution < 1.29 is 19.1 Å². The van der Waals surface area contributed by atoms with Gasteiger partial charge in [0.15, 0.2) is 6.61 Å². The zero-order chi connectivity index (χ0) is 17.8. The first-order valence-corrected chi connectivity index (χ1v) is 8.93. The van der Waals surface area contributed by atoms with Crippen molar-refractivity contribution in [3.63, 3.8) is 0 Å². The second kappa shape index (κ2) is 7.72. The van der Waals surface area contributed by atoms with Gasteiger partial charge in [-0.2, -0.15) is 0 Å². The molecule has 1 aliphatic heterocycles. The maximum Gasteiger partial charge on any atom is 0.338 e. The minimum Gasteiger partial charge on any atom is -0.488 e. The van der Waals surface area contributed by atoms with E-state index in [9.17, 15) is 9.59 Å². The molecule has 1 fully saturated rings. The van der Waals surface area contributed by atoms with Crippen LogP contribution in [-0.2, 0) is 14.3 Å². The van der Waals surface area contributed by atoms with Crippen molar-refractivity contribution in [2.45, 2.75) is 39.2 Å². The number of amides is 1. The van der Waals surface area contributed by atoms with Crippen molar-refractivity contribution in [3.05, 3.63) is 35.4 Å². The molecule has 1 heterocycles. The first-order valence-electron chi connectivity index (χ1n) is 8.93. The van der Waals surface area contributed by atoms with E-state index in [1.54, 1.807) is 6.08 Å². The van der Waals surface area contributed by atoms with Gasteiger partial charge in [-0.1, -0.05) is 44.9 Å². The van der Waals surface area contributed by atoms with Crippen LogP contribution >= 0.6 is 0 Å². The SMILES string of the molecule is C[C@H]1[C@@H](NC(=O)COC(=O)C2=Cc3ccccc3OC2)CCC[C@@H]1C. The molecule has 1 aromatic carbocycles. The van der Waals surface area contributed by atoms with Gasteiger partial charge in [-0.05, 0) is 30.4 Å². The molecule has 0 saturated heterocycles. The van der Waals surface area contributed by atoms with Gasteiger partial charge < -0.3 is 14.8 Å². The van der Waals surface area contributed by atoms with Crippen LogP contribution in [0.4, 0.5) is 0 Å². The lowest BCUT2D eigenvalue weighted by molar-refractivity contribution is -0.145. The number of ether oxygens (including phenoxy) is 2. The molecule has 0 unspecified atom stereocenters. The fraction of sp³-hybridized carbons (Fsp3) is 0.500. The van der Waals surface area contributed by atoms with E-state index in [1.165, 1.54) is 6.42 Å². The Morgan fingerprint density at radius 2 is 2.04 bits per heavy atom. The fourth-order valence-corrected chi connectivity index (χ4v) is 3.49. The van der Waals surface area contributed by atoms with Crippen LogP contribution in [0.15, 0.2) is 29.8 Å². The average molecular weight is 343 g/mol. The molecule has 3 rings (SSSR count). The Morgan fingerprint density at radius 3 is 2.88 bits per heavy atom. The Kier molecular flexibility index (Phi) is 5.41. The monoisotopic (exact) mass is 343 g/mol. The zero-order valence-electron chi connectivity index (χ0n) is 14.8. The van der Waals surface area contributed by atoms with E-state index in [2.05, 4.69) is 19.2 Å². The van der Waals surface area contributed by atoms with Crippen LogP contribution in [-0.4, -0.2) is 31.1 Å². The van der Waals surface area contributed by atoms with Crippen molar-refractivity contribution in [1.29, 1.82) is 0 Å². The topological polar surface area (TPSA) is 64.6 Å². The third-order valence-corrected chi connectivity index (χ3v) is 5.28. The lowest BCUT2D eigenvalue weighted by Gasteiger charge is -2.34. The molecule has 2 aliphatic rings. The number of hydrogen-bond donors (Lipinski definition) is 1. The zero-order valence-corrected chi connectivity index (χ0v) is 14.8. The Balaban J connectivity index is 1.51. The molecule has 0 bridgehead atoms. The maximum absolute atomic E-state index is 12.2. The summed E-state index contributed by atoms with van der Waals surface area (Å²) in [6.45, 7) is 4.29. The predicted molar refractivity (Wildman–Crippen MR) is 95.0 cm³/mol. The van der Waals surface area contributed by atoms with Gasteiger partial charge in [0.2, 0.25) is 0 Å². The summed E-state index contributed by atoms with van der Waals surface area (Å²) in [5, 5.41) is 3.01. The molecule has 1 aromatic rings. The number of nitrogens with one attached hydrogen (secondary N) is 1. The Bertz CT molecular complexity index is 682. The van der Waals surface area contributed by atoms with E-state index in [-0.39, 0.29) is 25.2 Å². The highest BCUT2D eigenvalue weighted by molar-refractivity contribution is 5.96. The van der Waals surface area contributed by atoms with Crippen LogP contribution in [0.3, 0.4) is 0 Å². The number of benzene rings is 1. The number of para-hydroxylation sites is 1. The molecule has 5 heteroatoms. The summed E-state index contributed by atoms with van der Waals surface area (Å²) in [5.41, 5.74) is 1.27. The van der Waals surface area contributed by atoms with E-state index in [0.717, 1.165) is 24.2 Å². The van der Waals surface area contributed by atoms with Crippen LogP contribution in [0, 0.1) is 11.8 Å². The van der Waals surface area contributed by atoms with Gasteiger partial charge in [-0.3, -0.25) is 4.79 Å². The minimum atomic E-state index is -0.505. The predicted octanol–water partition coefficient (Wildman–Crippen LogP) is 2.95. The average Bonchev–Trinajstić information content (AvgIpc) is 2.63. The smallest absolute Gasteiger partial charge is 0.338 e. The van der Waals surface area contributed by atoms with Gasteiger partial charge in [0, 0.05) is 11.6 Å². The summed E-state index contributed by atoms with van der Waals surface area (Å²) in [6.07, 6.45) is 5.07. The Hall–Kier alpha value is -2.30. The van der Waals surface area contributed by atoms with Crippen LogP contribution in [0.2, 0.25) is 0 Å². The highest BCUT2D eigenvalue weighted by atomic mass is 16.5. The highest BCUT2D eigenvalue weighted by Gasteiger charge is 2.28. The number of esters is 1. The summed E-state index contributed by atoms with van der Waals surface area (Å²) < 4.78 is 10.7. The molecule has 25 heavy (non-hydrogen) atoms. The van der Waals surface area contributed by atoms with Gasteiger partial charge >= 0.3 is 5.97 Å². The molecule has 134 valence electrons. The Morgan fingerprint density at radius 1 is 1.24 bits per heavy atom. The molecular formula is C20H25NO4. The second-order valence-electron chi connectivity index (χ2n) is 7.01. The van der Waals surface area contributed by atoms with Gasteiger partial charge in [-0.15, -0.1) is 0 Å². The fourth-order valence-electron chi connectivity index (χ4n) is 3.49. The quantitative estimate of drug-likeness (QED) is 0.854. The first-order chi connectivity index (χ1) is 12.0. The van der Waals surface area contributed by atoms with E-state index >= 15 is 0 Å². The molecular weight excluding hydrogens is 318 g/mol. The molecule has 0 radical (unpaired) electrons. The number of rotatable bonds is 4. The van der Waals surface area contributed by atoms with Crippen LogP contribution in [0.5, 0.6) is 5.75 Å². The van der Waals surface area contributed by atoms with Crippen LogP contribution in [0.1, 0.15) is 38.7 Å². The van der Waals surface area contributed by atoms with E-state index in [0.29, 0.717) is 17.4 Å². The molecule has 1 saturated carbocycles. The second-order valence-corrected chi connectivity index (χ2v) is 7.01. The summed E-state index contributed by atoms with van der Waals surface area (Å²) in [7, 11) is 0. The molecule has 0 aromatic heterocycles. The summed E-state index contributed by atoms with van der Waals surface area (Å²) in [5.74, 6) is 1.05. The molecule has 5 nitrogen and oxygen atoms in total. The van der Waals surface area contributed by atoms with Crippen LogP contribution in [0.25, 0.3) is 6.08 Å². The van der Waals surface area contributed by atoms with Gasteiger partial charge in [0.05, 0.1) is 5.57 Å². The molecule has 3 atom stereocenters. The van der Waals surface area contributed by atoms with Crippen molar-refractivity contribution in [2.75, 3.05) is 13.2 Å². The van der Waals surface area contributed by atoms with Crippen molar-refractivity contribution in [2.24, 2.45) is 11.8 Å². The van der Waals surface area contributed by atoms with Gasteiger partial charge in [-0.25, -0.2) is 4.79 Å². The molecule has 1 N–H and O–H groups in total. The molecule has 1 amide bonds. The largest absolute Gasteiger partial charge is 0.488 e. The maximum atomic E-state index is 12.2. The van der Waals surface area contributed by atoms with Crippen molar-refractivity contribution >= 4 is 18.0 Å². The molecule has 0 spiro atoms. The lowest BCUT2D eigenvalue weighted by atomic mass is 9.78. The number of carbonyl (C=O) groups is 2. The first kappa shape index (κ1) is 17.5. The van der Waals surface area contributed by atoms with Crippen molar-refractivity contribution in [3.8, 4) is 5.75 Å². The summed E-state index contributed by atoms with van der Waals surface area (Å²) in [4.78, 5) is 24.3. The van der Waals surface area contributed by atoms with Gasteiger partial charge in [0.25, 0.3) is 5.91 Å². The Labute approximate surface area is 148 Å². The third-order valence-electron chi connectivity index (χ3n) is 5.28. The molecule has 1 aliphatic carbocycles. The third kappa shape index (κ3) is 4.21. The normalized spacial score (nSPS) is 25.2. The van der Waals surface area contributed by atoms with Crippen molar-refractivity contribution in [1.82, 2.24) is 5.32 Å². The van der Waals surface area contributed by atoms with Crippen LogP contribution < -0.4 is 10.1 Å². The highest BCUT2D eigenvalue weighted by Crippen LogP contribution is 2.29.